The maximum atomic E-state index is 12.7. The second kappa shape index (κ2) is 6.78. The van der Waals surface area contributed by atoms with E-state index in [9.17, 15) is 20.0 Å². The molecule has 0 aliphatic carbocycles. The number of nitrogens with zero attached hydrogens (tertiary/aromatic N) is 1. The Labute approximate surface area is 152 Å². The molecule has 2 aromatic carbocycles. The van der Waals surface area contributed by atoms with Gasteiger partial charge in [-0.25, -0.2) is 0 Å². The van der Waals surface area contributed by atoms with Crippen LogP contribution in [0.1, 0.15) is 15.9 Å². The lowest BCUT2D eigenvalue weighted by molar-refractivity contribution is -0.386. The number of ketones is 1. The molecule has 0 saturated carbocycles. The Kier molecular flexibility index (Phi) is 4.69. The van der Waals surface area contributed by atoms with E-state index in [-0.39, 0.29) is 11.5 Å². The summed E-state index contributed by atoms with van der Waals surface area (Å²) >= 11 is 7.45. The molecule has 0 unspecified atom stereocenters. The second-order valence-electron chi connectivity index (χ2n) is 5.28. The van der Waals surface area contributed by atoms with Crippen LogP contribution in [0.15, 0.2) is 40.8 Å². The Morgan fingerprint density at radius 3 is 2.80 bits per heavy atom. The summed E-state index contributed by atoms with van der Waals surface area (Å²) in [5.41, 5.74) is 0.915. The summed E-state index contributed by atoms with van der Waals surface area (Å²) in [5, 5.41) is 21.4. The van der Waals surface area contributed by atoms with Gasteiger partial charge >= 0.3 is 5.69 Å². The molecule has 25 heavy (non-hydrogen) atoms. The van der Waals surface area contributed by atoms with Crippen LogP contribution in [-0.2, 0) is 0 Å². The van der Waals surface area contributed by atoms with Gasteiger partial charge in [0.1, 0.15) is 0 Å². The standard InChI is InChI=1S/C17H12ClNO5S/c1-24-14-6-9(5-13(17(14)21)19(22)23)4-10-8-25-15-3-2-11(18)7-12(15)16(10)20/h2-7,21H,8H2,1H3/b10-4+. The van der Waals surface area contributed by atoms with E-state index in [1.807, 2.05) is 0 Å². The van der Waals surface area contributed by atoms with Gasteiger partial charge in [0.25, 0.3) is 0 Å². The Morgan fingerprint density at radius 2 is 2.12 bits per heavy atom. The van der Waals surface area contributed by atoms with Crippen molar-refractivity contribution in [3.8, 4) is 11.5 Å². The van der Waals surface area contributed by atoms with Gasteiger partial charge < -0.3 is 9.84 Å². The number of benzene rings is 2. The van der Waals surface area contributed by atoms with Crippen LogP contribution >= 0.6 is 23.4 Å². The van der Waals surface area contributed by atoms with Gasteiger partial charge in [0.15, 0.2) is 11.5 Å². The molecule has 1 heterocycles. The first-order valence-electron chi connectivity index (χ1n) is 7.13. The van der Waals surface area contributed by atoms with E-state index < -0.39 is 16.4 Å². The number of nitro groups is 1. The normalized spacial score (nSPS) is 15.1. The van der Waals surface area contributed by atoms with E-state index in [0.717, 1.165) is 4.90 Å². The molecule has 1 aliphatic heterocycles. The largest absolute Gasteiger partial charge is 0.500 e. The van der Waals surface area contributed by atoms with Crippen molar-refractivity contribution in [2.75, 3.05) is 12.9 Å². The zero-order chi connectivity index (χ0) is 18.1. The number of phenols is 1. The van der Waals surface area contributed by atoms with Crippen LogP contribution in [0.2, 0.25) is 5.02 Å². The number of ether oxygens (including phenoxy) is 1. The Bertz CT molecular complexity index is 925. The quantitative estimate of drug-likeness (QED) is 0.486. The zero-order valence-electron chi connectivity index (χ0n) is 13.0. The summed E-state index contributed by atoms with van der Waals surface area (Å²) in [7, 11) is 1.30. The van der Waals surface area contributed by atoms with Crippen molar-refractivity contribution in [3.63, 3.8) is 0 Å². The van der Waals surface area contributed by atoms with Crippen LogP contribution in [0.25, 0.3) is 6.08 Å². The highest BCUT2D eigenvalue weighted by Crippen LogP contribution is 2.39. The number of thioether (sulfide) groups is 1. The molecular formula is C17H12ClNO5S. The lowest BCUT2D eigenvalue weighted by Crippen LogP contribution is -2.12. The third-order valence-electron chi connectivity index (χ3n) is 3.70. The van der Waals surface area contributed by atoms with Gasteiger partial charge in [0.05, 0.1) is 12.0 Å². The van der Waals surface area contributed by atoms with Crippen molar-refractivity contribution in [1.29, 1.82) is 0 Å². The number of carbonyl (C=O) groups is 1. The van der Waals surface area contributed by atoms with Gasteiger partial charge in [-0.3, -0.25) is 14.9 Å². The number of phenolic OH excluding ortho intramolecular Hbond substituents is 1. The van der Waals surface area contributed by atoms with E-state index in [4.69, 9.17) is 16.3 Å². The highest BCUT2D eigenvalue weighted by molar-refractivity contribution is 7.99. The molecule has 0 saturated heterocycles. The minimum absolute atomic E-state index is 0.0274. The van der Waals surface area contributed by atoms with Crippen molar-refractivity contribution < 1.29 is 19.6 Å². The number of fused-ring (bicyclic) bond motifs is 1. The summed E-state index contributed by atoms with van der Waals surface area (Å²) in [6.45, 7) is 0. The average Bonchev–Trinajstić information content (AvgIpc) is 2.58. The first-order valence-corrected chi connectivity index (χ1v) is 8.50. The molecule has 0 radical (unpaired) electrons. The van der Waals surface area contributed by atoms with Crippen LogP contribution in [0, 0.1) is 10.1 Å². The maximum Gasteiger partial charge on any atom is 0.315 e. The summed E-state index contributed by atoms with van der Waals surface area (Å²) in [5.74, 6) is -0.313. The number of methoxy groups -OCH3 is 1. The smallest absolute Gasteiger partial charge is 0.315 e. The molecule has 0 fully saturated rings. The topological polar surface area (TPSA) is 89.7 Å². The van der Waals surface area contributed by atoms with Crippen LogP contribution in [0.3, 0.4) is 0 Å². The van der Waals surface area contributed by atoms with E-state index >= 15 is 0 Å². The Hall–Kier alpha value is -2.51. The highest BCUT2D eigenvalue weighted by atomic mass is 35.5. The van der Waals surface area contributed by atoms with Crippen molar-refractivity contribution in [2.24, 2.45) is 0 Å². The number of rotatable bonds is 3. The molecule has 128 valence electrons. The van der Waals surface area contributed by atoms with Gasteiger partial charge in [-0.05, 0) is 35.9 Å². The monoisotopic (exact) mass is 377 g/mol. The predicted octanol–water partition coefficient (Wildman–Crippen LogP) is 4.33. The number of aromatic hydroxyl groups is 1. The van der Waals surface area contributed by atoms with E-state index in [1.54, 1.807) is 24.3 Å². The Morgan fingerprint density at radius 1 is 1.36 bits per heavy atom. The number of hydrogen-bond donors (Lipinski definition) is 1. The molecule has 8 heteroatoms. The third-order valence-corrected chi connectivity index (χ3v) is 5.05. The number of hydrogen-bond acceptors (Lipinski definition) is 6. The highest BCUT2D eigenvalue weighted by Gasteiger charge is 2.24. The van der Waals surface area contributed by atoms with Gasteiger partial charge in [-0.15, -0.1) is 11.8 Å². The Balaban J connectivity index is 2.05. The average molecular weight is 378 g/mol. The molecule has 6 nitrogen and oxygen atoms in total. The molecule has 0 amide bonds. The van der Waals surface area contributed by atoms with Crippen molar-refractivity contribution >= 4 is 40.9 Å². The molecule has 1 aliphatic rings. The molecule has 0 spiro atoms. The van der Waals surface area contributed by atoms with Gasteiger partial charge in [0.2, 0.25) is 5.75 Å². The van der Waals surface area contributed by atoms with E-state index in [2.05, 4.69) is 0 Å². The molecule has 0 bridgehead atoms. The SMILES string of the molecule is COc1cc(/C=C2\CSc3ccc(Cl)cc3C2=O)cc([N+](=O)[O-])c1O. The fourth-order valence-corrected chi connectivity index (χ4v) is 3.67. The van der Waals surface area contributed by atoms with Crippen LogP contribution in [-0.4, -0.2) is 28.7 Å². The first kappa shape index (κ1) is 17.3. The first-order chi connectivity index (χ1) is 11.9. The van der Waals surface area contributed by atoms with E-state index in [0.29, 0.717) is 27.5 Å². The van der Waals surface area contributed by atoms with Gasteiger partial charge in [-0.2, -0.15) is 0 Å². The molecule has 3 rings (SSSR count). The van der Waals surface area contributed by atoms with Crippen molar-refractivity contribution in [3.05, 3.63) is 62.2 Å². The van der Waals surface area contributed by atoms with Crippen molar-refractivity contribution in [2.45, 2.75) is 4.90 Å². The number of nitro benzene ring substituents is 1. The molecule has 1 N–H and O–H groups in total. The summed E-state index contributed by atoms with van der Waals surface area (Å²) in [6, 6.07) is 7.78. The zero-order valence-corrected chi connectivity index (χ0v) is 14.6. The van der Waals surface area contributed by atoms with Crippen LogP contribution in [0.5, 0.6) is 11.5 Å². The summed E-state index contributed by atoms with van der Waals surface area (Å²) in [6.07, 6.45) is 1.56. The van der Waals surface area contributed by atoms with Crippen LogP contribution in [0.4, 0.5) is 5.69 Å². The number of carbonyl (C=O) groups excluding carboxylic acids is 1. The molecule has 0 atom stereocenters. The molecule has 0 aromatic heterocycles. The minimum atomic E-state index is -0.702. The fraction of sp³-hybridized carbons (Fsp3) is 0.118. The van der Waals surface area contributed by atoms with Crippen molar-refractivity contribution in [1.82, 2.24) is 0 Å². The fourth-order valence-electron chi connectivity index (χ4n) is 2.50. The molecular weight excluding hydrogens is 366 g/mol. The van der Waals surface area contributed by atoms with Gasteiger partial charge in [0, 0.05) is 32.9 Å². The lowest BCUT2D eigenvalue weighted by atomic mass is 10.0. The van der Waals surface area contributed by atoms with Gasteiger partial charge in [-0.1, -0.05) is 11.6 Å². The minimum Gasteiger partial charge on any atom is -0.500 e. The maximum absolute atomic E-state index is 12.7. The predicted molar refractivity (Wildman–Crippen MR) is 95.8 cm³/mol. The second-order valence-corrected chi connectivity index (χ2v) is 6.73. The number of halogens is 1. The van der Waals surface area contributed by atoms with E-state index in [1.165, 1.54) is 31.0 Å². The summed E-state index contributed by atoms with van der Waals surface area (Å²) < 4.78 is 4.97. The lowest BCUT2D eigenvalue weighted by Gasteiger charge is -2.17. The molecule has 2 aromatic rings. The third kappa shape index (κ3) is 3.33. The van der Waals surface area contributed by atoms with Crippen LogP contribution < -0.4 is 4.74 Å². The number of Topliss-reactive ketones (excluding diaryl/α,β-unsaturated/α-hetero) is 1. The summed E-state index contributed by atoms with van der Waals surface area (Å²) in [4.78, 5) is 23.9.